The third-order valence-electron chi connectivity index (χ3n) is 3.49. The van der Waals surface area contributed by atoms with E-state index < -0.39 is 17.9 Å². The van der Waals surface area contributed by atoms with Crippen LogP contribution < -0.4 is 24.0 Å². The van der Waals surface area contributed by atoms with Crippen LogP contribution in [0.4, 0.5) is 8.78 Å². The van der Waals surface area contributed by atoms with E-state index in [-0.39, 0.29) is 37.7 Å². The fraction of sp³-hybridized carbons (Fsp3) is 0.900. The Morgan fingerprint density at radius 1 is 1.25 bits per heavy atom. The molecule has 1 heterocycles. The van der Waals surface area contributed by atoms with E-state index in [4.69, 9.17) is 0 Å². The van der Waals surface area contributed by atoms with Gasteiger partial charge in [0, 0.05) is 25.4 Å². The molecule has 2 rings (SSSR count). The van der Waals surface area contributed by atoms with E-state index in [0.717, 1.165) is 0 Å². The van der Waals surface area contributed by atoms with Crippen LogP contribution in [0.3, 0.4) is 0 Å². The van der Waals surface area contributed by atoms with E-state index >= 15 is 0 Å². The summed E-state index contributed by atoms with van der Waals surface area (Å²) in [6.07, 6.45) is 1.16. The molecule has 86 valence electrons. The molecule has 0 bridgehead atoms. The topological polar surface area (TPSA) is 43.4 Å². The minimum absolute atomic E-state index is 0. The molecule has 1 atom stereocenters. The molecule has 0 aromatic carbocycles. The standard InChI is InChI=1S/C10H15F2NO2.Li/c11-10(12)4-1-7(2-5-10)13-6-3-8(13)9(14)15;/h7-8H,1-6H2,(H,14,15);/q;+1/p-1. The van der Waals surface area contributed by atoms with Crippen LogP contribution in [0.2, 0.25) is 0 Å². The summed E-state index contributed by atoms with van der Waals surface area (Å²) in [4.78, 5) is 12.5. The van der Waals surface area contributed by atoms with Crippen molar-refractivity contribution in [2.24, 2.45) is 0 Å². The first kappa shape index (κ1) is 14.0. The van der Waals surface area contributed by atoms with Gasteiger partial charge in [-0.3, -0.25) is 4.90 Å². The normalized spacial score (nSPS) is 30.2. The average Bonchev–Trinajstić information content (AvgIpc) is 2.05. The summed E-state index contributed by atoms with van der Waals surface area (Å²) in [5.74, 6) is -3.61. The monoisotopic (exact) mass is 225 g/mol. The maximum absolute atomic E-state index is 12.9. The molecule has 0 spiro atoms. The van der Waals surface area contributed by atoms with Crippen LogP contribution >= 0.6 is 0 Å². The first-order valence-electron chi connectivity index (χ1n) is 5.34. The van der Waals surface area contributed by atoms with Crippen molar-refractivity contribution in [3.8, 4) is 0 Å². The Kier molecular flexibility index (Phi) is 4.39. The molecule has 16 heavy (non-hydrogen) atoms. The minimum atomic E-state index is -2.54. The van der Waals surface area contributed by atoms with Gasteiger partial charge in [-0.2, -0.15) is 0 Å². The third kappa shape index (κ3) is 2.76. The fourth-order valence-electron chi connectivity index (χ4n) is 2.45. The average molecular weight is 225 g/mol. The Bertz CT molecular complexity index is 266. The number of halogens is 2. The predicted octanol–water partition coefficient (Wildman–Crippen LogP) is -2.61. The second kappa shape index (κ2) is 5.03. The molecule has 0 N–H and O–H groups in total. The molecule has 1 aliphatic carbocycles. The number of likely N-dealkylation sites (tertiary alicyclic amines) is 1. The molecule has 2 fully saturated rings. The molecule has 3 nitrogen and oxygen atoms in total. The van der Waals surface area contributed by atoms with Gasteiger partial charge >= 0.3 is 18.9 Å². The zero-order valence-corrected chi connectivity index (χ0v) is 9.42. The largest absolute Gasteiger partial charge is 1.00 e. The molecule has 0 aromatic heterocycles. The van der Waals surface area contributed by atoms with Gasteiger partial charge in [-0.05, 0) is 19.3 Å². The van der Waals surface area contributed by atoms with E-state index in [1.54, 1.807) is 4.90 Å². The zero-order chi connectivity index (χ0) is 11.1. The number of hydrogen-bond acceptors (Lipinski definition) is 3. The zero-order valence-electron chi connectivity index (χ0n) is 9.42. The predicted molar refractivity (Wildman–Crippen MR) is 47.3 cm³/mol. The number of carboxylic acid groups (broad SMARTS) is 1. The van der Waals surface area contributed by atoms with Crippen LogP contribution in [0.5, 0.6) is 0 Å². The van der Waals surface area contributed by atoms with Gasteiger partial charge in [0.1, 0.15) is 0 Å². The van der Waals surface area contributed by atoms with Crippen LogP contribution in [0.1, 0.15) is 32.1 Å². The number of carbonyl (C=O) groups is 1. The van der Waals surface area contributed by atoms with E-state index in [1.165, 1.54) is 0 Å². The number of carbonyl (C=O) groups excluding carboxylic acids is 1. The third-order valence-corrected chi connectivity index (χ3v) is 3.49. The van der Waals surface area contributed by atoms with Gasteiger partial charge in [-0.15, -0.1) is 0 Å². The Hall–Kier alpha value is -0.113. The Balaban J connectivity index is 0.00000128. The van der Waals surface area contributed by atoms with E-state index in [9.17, 15) is 18.7 Å². The summed E-state index contributed by atoms with van der Waals surface area (Å²) in [5, 5.41) is 10.7. The van der Waals surface area contributed by atoms with Crippen molar-refractivity contribution in [3.63, 3.8) is 0 Å². The quantitative estimate of drug-likeness (QED) is 0.484. The van der Waals surface area contributed by atoms with Gasteiger partial charge in [0.25, 0.3) is 0 Å². The molecule has 0 aromatic rings. The second-order valence-electron chi connectivity index (χ2n) is 4.45. The second-order valence-corrected chi connectivity index (χ2v) is 4.45. The van der Waals surface area contributed by atoms with Crippen LogP contribution in [-0.2, 0) is 4.79 Å². The minimum Gasteiger partial charge on any atom is -0.548 e. The molecule has 0 amide bonds. The number of aliphatic carboxylic acids is 1. The van der Waals surface area contributed by atoms with Crippen molar-refractivity contribution in [3.05, 3.63) is 0 Å². The Labute approximate surface area is 105 Å². The fourth-order valence-corrected chi connectivity index (χ4v) is 2.45. The summed E-state index contributed by atoms with van der Waals surface area (Å²) in [7, 11) is 0. The van der Waals surface area contributed by atoms with Gasteiger partial charge < -0.3 is 9.90 Å². The number of rotatable bonds is 2. The van der Waals surface area contributed by atoms with Gasteiger partial charge in [0.05, 0.1) is 12.0 Å². The summed E-state index contributed by atoms with van der Waals surface area (Å²) in [6.45, 7) is 0.703. The van der Waals surface area contributed by atoms with Gasteiger partial charge in [-0.1, -0.05) is 0 Å². The van der Waals surface area contributed by atoms with Crippen molar-refractivity contribution in [1.29, 1.82) is 0 Å². The smallest absolute Gasteiger partial charge is 0.548 e. The molecular weight excluding hydrogens is 211 g/mol. The first-order valence-corrected chi connectivity index (χ1v) is 5.34. The first-order chi connectivity index (χ1) is 6.99. The van der Waals surface area contributed by atoms with Crippen molar-refractivity contribution in [2.75, 3.05) is 6.54 Å². The Morgan fingerprint density at radius 2 is 1.81 bits per heavy atom. The molecule has 1 saturated heterocycles. The molecule has 1 saturated carbocycles. The molecule has 2 aliphatic rings. The van der Waals surface area contributed by atoms with Crippen LogP contribution in [-0.4, -0.2) is 35.4 Å². The summed E-state index contributed by atoms with van der Waals surface area (Å²) in [5.41, 5.74) is 0. The van der Waals surface area contributed by atoms with Crippen LogP contribution in [0.15, 0.2) is 0 Å². The molecule has 1 unspecified atom stereocenters. The van der Waals surface area contributed by atoms with E-state index in [1.807, 2.05) is 0 Å². The number of alkyl halides is 2. The summed E-state index contributed by atoms with van der Waals surface area (Å²) < 4.78 is 25.7. The summed E-state index contributed by atoms with van der Waals surface area (Å²) in [6, 6.07) is -0.525. The SMILES string of the molecule is O=C([O-])C1CCN1C1CCC(F)(F)CC1.[Li+]. The van der Waals surface area contributed by atoms with Crippen molar-refractivity contribution >= 4 is 5.97 Å². The van der Waals surface area contributed by atoms with Crippen molar-refractivity contribution < 1.29 is 37.5 Å². The van der Waals surface area contributed by atoms with Crippen molar-refractivity contribution in [1.82, 2.24) is 4.90 Å². The molecule has 0 radical (unpaired) electrons. The van der Waals surface area contributed by atoms with Crippen LogP contribution in [0, 0.1) is 0 Å². The Morgan fingerprint density at radius 3 is 2.19 bits per heavy atom. The summed E-state index contributed by atoms with van der Waals surface area (Å²) >= 11 is 0. The van der Waals surface area contributed by atoms with E-state index in [2.05, 4.69) is 0 Å². The van der Waals surface area contributed by atoms with Gasteiger partial charge in [0.2, 0.25) is 5.92 Å². The maximum Gasteiger partial charge on any atom is 1.00 e. The van der Waals surface area contributed by atoms with E-state index in [0.29, 0.717) is 25.8 Å². The number of carboxylic acids is 1. The molecular formula is C10H14F2LiNO2. The number of hydrogen-bond donors (Lipinski definition) is 0. The van der Waals surface area contributed by atoms with Crippen molar-refractivity contribution in [2.45, 2.75) is 50.1 Å². The molecule has 1 aliphatic heterocycles. The molecule has 6 heteroatoms. The van der Waals surface area contributed by atoms with Gasteiger partial charge in [0.15, 0.2) is 0 Å². The van der Waals surface area contributed by atoms with Gasteiger partial charge in [-0.25, -0.2) is 8.78 Å². The maximum atomic E-state index is 12.9. The van der Waals surface area contributed by atoms with Crippen LogP contribution in [0.25, 0.3) is 0 Å². The number of nitrogens with zero attached hydrogens (tertiary/aromatic N) is 1.